The number of hydrogen-bond acceptors (Lipinski definition) is 5. The fourth-order valence-electron chi connectivity index (χ4n) is 2.33. The summed E-state index contributed by atoms with van der Waals surface area (Å²) in [7, 11) is 0. The number of nitrogens with one attached hydrogen (secondary N) is 2. The Balaban J connectivity index is 1.80. The second-order valence-corrected chi connectivity index (χ2v) is 6.45. The summed E-state index contributed by atoms with van der Waals surface area (Å²) in [5.74, 6) is -0.0404. The minimum atomic E-state index is -0.227. The van der Waals surface area contributed by atoms with Crippen molar-refractivity contribution in [3.63, 3.8) is 0 Å². The van der Waals surface area contributed by atoms with Crippen LogP contribution < -0.4 is 10.6 Å². The van der Waals surface area contributed by atoms with E-state index < -0.39 is 0 Å². The van der Waals surface area contributed by atoms with E-state index in [1.165, 1.54) is 18.3 Å². The van der Waals surface area contributed by atoms with Crippen LogP contribution in [0.3, 0.4) is 0 Å². The Morgan fingerprint density at radius 3 is 2.50 bits per heavy atom. The number of carbonyl (C=O) groups is 3. The van der Waals surface area contributed by atoms with Gasteiger partial charge >= 0.3 is 6.03 Å². The summed E-state index contributed by atoms with van der Waals surface area (Å²) in [5, 5.41) is 7.80. The first-order valence-corrected chi connectivity index (χ1v) is 8.90. The third-order valence-electron chi connectivity index (χ3n) is 3.69. The third kappa shape index (κ3) is 5.19. The van der Waals surface area contributed by atoms with Crippen LogP contribution in [0.25, 0.3) is 0 Å². The third-order valence-corrected chi connectivity index (χ3v) is 4.50. The summed E-state index contributed by atoms with van der Waals surface area (Å²) >= 11 is 1.30. The van der Waals surface area contributed by atoms with Gasteiger partial charge in [-0.25, -0.2) is 9.78 Å². The first-order chi connectivity index (χ1) is 11.5. The summed E-state index contributed by atoms with van der Waals surface area (Å²) in [6, 6.07) is -0.227. The minimum absolute atomic E-state index is 0.0287. The van der Waals surface area contributed by atoms with Crippen molar-refractivity contribution in [1.82, 2.24) is 20.1 Å². The molecule has 24 heavy (non-hydrogen) atoms. The lowest BCUT2D eigenvalue weighted by Gasteiger charge is -2.33. The van der Waals surface area contributed by atoms with E-state index >= 15 is 0 Å². The number of piperazine rings is 1. The molecule has 0 unspecified atom stereocenters. The molecule has 1 fully saturated rings. The van der Waals surface area contributed by atoms with Crippen molar-refractivity contribution in [2.75, 3.05) is 38.0 Å². The predicted molar refractivity (Wildman–Crippen MR) is 92.0 cm³/mol. The molecule has 1 saturated heterocycles. The average Bonchev–Trinajstić information content (AvgIpc) is 2.99. The lowest BCUT2D eigenvalue weighted by Crippen LogP contribution is -2.51. The second-order valence-electron chi connectivity index (χ2n) is 5.59. The number of nitrogens with zero attached hydrogens (tertiary/aromatic N) is 3. The lowest BCUT2D eigenvalue weighted by atomic mass is 10.3. The first-order valence-electron chi connectivity index (χ1n) is 8.02. The highest BCUT2D eigenvalue weighted by Gasteiger charge is 2.22. The Labute approximate surface area is 145 Å². The number of rotatable bonds is 5. The fraction of sp³-hybridized carbons (Fsp3) is 0.600. The average molecular weight is 353 g/mol. The van der Waals surface area contributed by atoms with Gasteiger partial charge in [0.25, 0.3) is 0 Å². The van der Waals surface area contributed by atoms with Crippen LogP contribution in [0.1, 0.15) is 26.0 Å². The molecule has 8 nitrogen and oxygen atoms in total. The zero-order chi connectivity index (χ0) is 17.5. The molecule has 1 aromatic heterocycles. The van der Waals surface area contributed by atoms with Gasteiger partial charge in [-0.3, -0.25) is 14.9 Å². The molecule has 0 atom stereocenters. The summed E-state index contributed by atoms with van der Waals surface area (Å²) in [6.07, 6.45) is 1.10. The summed E-state index contributed by atoms with van der Waals surface area (Å²) in [6.45, 7) is 6.27. The molecule has 0 aliphatic carbocycles. The number of amides is 4. The van der Waals surface area contributed by atoms with Crippen molar-refractivity contribution in [2.45, 2.75) is 26.7 Å². The van der Waals surface area contributed by atoms with Crippen LogP contribution in [-0.2, 0) is 16.0 Å². The molecule has 0 radical (unpaired) electrons. The number of carbonyl (C=O) groups excluding carboxylic acids is 3. The van der Waals surface area contributed by atoms with Crippen LogP contribution in [0.2, 0.25) is 0 Å². The molecule has 132 valence electrons. The molecule has 2 heterocycles. The van der Waals surface area contributed by atoms with Crippen LogP contribution in [0, 0.1) is 0 Å². The lowest BCUT2D eigenvalue weighted by molar-refractivity contribution is -0.130. The Kier molecular flexibility index (Phi) is 6.53. The Morgan fingerprint density at radius 2 is 1.88 bits per heavy atom. The SMILES string of the molecule is CCCNC(=O)Cc1csc(NC(=O)N2CCN(C(C)=O)CC2)n1. The van der Waals surface area contributed by atoms with E-state index in [4.69, 9.17) is 0 Å². The summed E-state index contributed by atoms with van der Waals surface area (Å²) in [5.41, 5.74) is 0.644. The Morgan fingerprint density at radius 1 is 1.21 bits per heavy atom. The Hall–Kier alpha value is -2.16. The van der Waals surface area contributed by atoms with Crippen LogP contribution in [0.4, 0.5) is 9.93 Å². The van der Waals surface area contributed by atoms with E-state index in [1.54, 1.807) is 15.2 Å². The smallest absolute Gasteiger partial charge is 0.323 e. The number of thiazole rings is 1. The van der Waals surface area contributed by atoms with E-state index in [9.17, 15) is 14.4 Å². The van der Waals surface area contributed by atoms with Crippen molar-refractivity contribution < 1.29 is 14.4 Å². The van der Waals surface area contributed by atoms with Gasteiger partial charge < -0.3 is 15.1 Å². The van der Waals surface area contributed by atoms with Crippen molar-refractivity contribution in [3.05, 3.63) is 11.1 Å². The Bertz CT molecular complexity index is 596. The van der Waals surface area contributed by atoms with Crippen LogP contribution in [-0.4, -0.2) is 65.4 Å². The zero-order valence-corrected chi connectivity index (χ0v) is 14.8. The largest absolute Gasteiger partial charge is 0.356 e. The minimum Gasteiger partial charge on any atom is -0.356 e. The molecular formula is C15H23N5O3S. The van der Waals surface area contributed by atoms with Crippen LogP contribution in [0.15, 0.2) is 5.38 Å². The van der Waals surface area contributed by atoms with E-state index in [0.717, 1.165) is 6.42 Å². The molecule has 0 spiro atoms. The second kappa shape index (κ2) is 8.62. The number of urea groups is 1. The van der Waals surface area contributed by atoms with Crippen molar-refractivity contribution >= 4 is 34.3 Å². The van der Waals surface area contributed by atoms with Gasteiger partial charge in [-0.2, -0.15) is 0 Å². The maximum absolute atomic E-state index is 12.2. The highest BCUT2D eigenvalue weighted by Crippen LogP contribution is 2.17. The van der Waals surface area contributed by atoms with Gasteiger partial charge in [0.05, 0.1) is 12.1 Å². The number of aromatic nitrogens is 1. The predicted octanol–water partition coefficient (Wildman–Crippen LogP) is 0.908. The maximum atomic E-state index is 12.2. The molecule has 1 aromatic rings. The molecular weight excluding hydrogens is 330 g/mol. The van der Waals surface area contributed by atoms with Crippen molar-refractivity contribution in [3.8, 4) is 0 Å². The van der Waals surface area contributed by atoms with Gasteiger partial charge in [-0.1, -0.05) is 6.92 Å². The summed E-state index contributed by atoms with van der Waals surface area (Å²) in [4.78, 5) is 42.8. The molecule has 2 N–H and O–H groups in total. The fourth-order valence-corrected chi connectivity index (χ4v) is 3.03. The van der Waals surface area contributed by atoms with Crippen molar-refractivity contribution in [1.29, 1.82) is 0 Å². The van der Waals surface area contributed by atoms with Crippen LogP contribution >= 0.6 is 11.3 Å². The van der Waals surface area contributed by atoms with Gasteiger partial charge in [0, 0.05) is 45.0 Å². The molecule has 9 heteroatoms. The quantitative estimate of drug-likeness (QED) is 0.822. The normalized spacial score (nSPS) is 14.4. The van der Waals surface area contributed by atoms with Gasteiger partial charge in [-0.05, 0) is 6.42 Å². The van der Waals surface area contributed by atoms with Gasteiger partial charge in [0.2, 0.25) is 11.8 Å². The van der Waals surface area contributed by atoms with Gasteiger partial charge in [-0.15, -0.1) is 11.3 Å². The standard InChI is InChI=1S/C15H23N5O3S/c1-3-4-16-13(22)9-12-10-24-14(17-12)18-15(23)20-7-5-19(6-8-20)11(2)21/h10H,3-9H2,1-2H3,(H,16,22)(H,17,18,23). The van der Waals surface area contributed by atoms with Gasteiger partial charge in [0.1, 0.15) is 0 Å². The molecule has 1 aliphatic heterocycles. The molecule has 0 bridgehead atoms. The maximum Gasteiger partial charge on any atom is 0.323 e. The molecule has 0 saturated carbocycles. The number of anilines is 1. The highest BCUT2D eigenvalue weighted by molar-refractivity contribution is 7.13. The molecule has 0 aromatic carbocycles. The van der Waals surface area contributed by atoms with Crippen molar-refractivity contribution in [2.24, 2.45) is 0 Å². The molecule has 4 amide bonds. The first kappa shape index (κ1) is 18.2. The van der Waals surface area contributed by atoms with E-state index in [1.807, 2.05) is 6.92 Å². The highest BCUT2D eigenvalue weighted by atomic mass is 32.1. The van der Waals surface area contributed by atoms with Crippen LogP contribution in [0.5, 0.6) is 0 Å². The van der Waals surface area contributed by atoms with Gasteiger partial charge in [0.15, 0.2) is 5.13 Å². The topological polar surface area (TPSA) is 94.6 Å². The molecule has 1 aliphatic rings. The monoisotopic (exact) mass is 353 g/mol. The summed E-state index contributed by atoms with van der Waals surface area (Å²) < 4.78 is 0. The molecule has 2 rings (SSSR count). The van der Waals surface area contributed by atoms with E-state index in [2.05, 4.69) is 15.6 Å². The van der Waals surface area contributed by atoms with E-state index in [-0.39, 0.29) is 24.3 Å². The zero-order valence-electron chi connectivity index (χ0n) is 14.0. The number of hydrogen-bond donors (Lipinski definition) is 2. The van der Waals surface area contributed by atoms with E-state index in [0.29, 0.717) is 43.5 Å².